The SMILES string of the molecule is CN1CCCCC1CNC(=O)C(CN)c1ccccc1. The van der Waals surface area contributed by atoms with E-state index in [-0.39, 0.29) is 11.8 Å². The van der Waals surface area contributed by atoms with Gasteiger partial charge in [0.1, 0.15) is 0 Å². The summed E-state index contributed by atoms with van der Waals surface area (Å²) in [4.78, 5) is 14.7. The quantitative estimate of drug-likeness (QED) is 0.852. The molecule has 0 aliphatic carbocycles. The van der Waals surface area contributed by atoms with Crippen molar-refractivity contribution in [2.24, 2.45) is 5.73 Å². The number of likely N-dealkylation sites (N-methyl/N-ethyl adjacent to an activating group) is 1. The fourth-order valence-electron chi connectivity index (χ4n) is 2.82. The lowest BCUT2D eigenvalue weighted by molar-refractivity contribution is -0.122. The molecule has 2 unspecified atom stereocenters. The van der Waals surface area contributed by atoms with Gasteiger partial charge < -0.3 is 16.0 Å². The molecule has 20 heavy (non-hydrogen) atoms. The van der Waals surface area contributed by atoms with Crippen molar-refractivity contribution in [3.8, 4) is 0 Å². The minimum absolute atomic E-state index is 0.0395. The number of carbonyl (C=O) groups is 1. The van der Waals surface area contributed by atoms with Gasteiger partial charge in [0.2, 0.25) is 5.91 Å². The summed E-state index contributed by atoms with van der Waals surface area (Å²) in [6.45, 7) is 2.19. The van der Waals surface area contributed by atoms with Crippen molar-refractivity contribution in [3.63, 3.8) is 0 Å². The molecule has 1 heterocycles. The van der Waals surface area contributed by atoms with Crippen LogP contribution < -0.4 is 11.1 Å². The summed E-state index contributed by atoms with van der Waals surface area (Å²) in [6.07, 6.45) is 3.68. The van der Waals surface area contributed by atoms with Crippen LogP contribution in [0.2, 0.25) is 0 Å². The van der Waals surface area contributed by atoms with Crippen LogP contribution in [0.15, 0.2) is 30.3 Å². The monoisotopic (exact) mass is 275 g/mol. The largest absolute Gasteiger partial charge is 0.354 e. The van der Waals surface area contributed by atoms with E-state index >= 15 is 0 Å². The zero-order valence-electron chi connectivity index (χ0n) is 12.2. The third-order valence-corrected chi connectivity index (χ3v) is 4.19. The summed E-state index contributed by atoms with van der Waals surface area (Å²) in [6, 6.07) is 10.2. The minimum atomic E-state index is -0.245. The molecule has 0 spiro atoms. The topological polar surface area (TPSA) is 58.4 Å². The van der Waals surface area contributed by atoms with Gasteiger partial charge in [0.05, 0.1) is 5.92 Å². The molecule has 1 saturated heterocycles. The second-order valence-corrected chi connectivity index (χ2v) is 5.57. The van der Waals surface area contributed by atoms with Gasteiger partial charge in [-0.05, 0) is 32.0 Å². The number of likely N-dealkylation sites (tertiary alicyclic amines) is 1. The van der Waals surface area contributed by atoms with Gasteiger partial charge in [-0.15, -0.1) is 0 Å². The van der Waals surface area contributed by atoms with Crippen molar-refractivity contribution in [2.45, 2.75) is 31.2 Å². The number of hydrogen-bond donors (Lipinski definition) is 2. The number of nitrogens with one attached hydrogen (secondary N) is 1. The highest BCUT2D eigenvalue weighted by Gasteiger charge is 2.22. The molecule has 1 fully saturated rings. The maximum atomic E-state index is 12.3. The number of piperidine rings is 1. The van der Waals surface area contributed by atoms with E-state index in [4.69, 9.17) is 5.73 Å². The summed E-state index contributed by atoms with van der Waals surface area (Å²) in [5.41, 5.74) is 6.76. The number of benzene rings is 1. The summed E-state index contributed by atoms with van der Waals surface area (Å²) in [5.74, 6) is -0.206. The van der Waals surface area contributed by atoms with Gasteiger partial charge in [-0.25, -0.2) is 0 Å². The zero-order chi connectivity index (χ0) is 14.4. The first kappa shape index (κ1) is 15.0. The van der Waals surface area contributed by atoms with E-state index in [0.717, 1.165) is 25.1 Å². The molecule has 1 aromatic carbocycles. The Balaban J connectivity index is 1.89. The lowest BCUT2D eigenvalue weighted by Gasteiger charge is -2.32. The van der Waals surface area contributed by atoms with Crippen LogP contribution >= 0.6 is 0 Å². The Morgan fingerprint density at radius 2 is 2.15 bits per heavy atom. The lowest BCUT2D eigenvalue weighted by Crippen LogP contribution is -2.46. The maximum absolute atomic E-state index is 12.3. The molecule has 3 N–H and O–H groups in total. The summed E-state index contributed by atoms with van der Waals surface area (Å²) in [7, 11) is 2.13. The zero-order valence-corrected chi connectivity index (χ0v) is 12.2. The Hall–Kier alpha value is -1.39. The molecular weight excluding hydrogens is 250 g/mol. The van der Waals surface area contributed by atoms with Gasteiger partial charge >= 0.3 is 0 Å². The van der Waals surface area contributed by atoms with Crippen molar-refractivity contribution >= 4 is 5.91 Å². The fraction of sp³-hybridized carbons (Fsp3) is 0.562. The van der Waals surface area contributed by atoms with Crippen LogP contribution in [0.1, 0.15) is 30.7 Å². The van der Waals surface area contributed by atoms with Gasteiger partial charge in [-0.1, -0.05) is 36.8 Å². The average Bonchev–Trinajstić information content (AvgIpc) is 2.48. The molecule has 110 valence electrons. The number of amides is 1. The number of nitrogens with zero attached hydrogens (tertiary/aromatic N) is 1. The Morgan fingerprint density at radius 1 is 1.40 bits per heavy atom. The van der Waals surface area contributed by atoms with E-state index in [0.29, 0.717) is 12.6 Å². The molecule has 2 atom stereocenters. The molecule has 0 aromatic heterocycles. The van der Waals surface area contributed by atoms with E-state index in [9.17, 15) is 4.79 Å². The molecule has 4 heteroatoms. The van der Waals surface area contributed by atoms with Crippen LogP contribution in [0.4, 0.5) is 0 Å². The van der Waals surface area contributed by atoms with Crippen LogP contribution in [0, 0.1) is 0 Å². The van der Waals surface area contributed by atoms with Crippen molar-refractivity contribution in [1.82, 2.24) is 10.2 Å². The van der Waals surface area contributed by atoms with Gasteiger partial charge in [-0.2, -0.15) is 0 Å². The lowest BCUT2D eigenvalue weighted by atomic mass is 9.98. The molecule has 0 bridgehead atoms. The van der Waals surface area contributed by atoms with E-state index < -0.39 is 0 Å². The van der Waals surface area contributed by atoms with Gasteiger partial charge in [0.15, 0.2) is 0 Å². The normalized spacial score (nSPS) is 21.4. The highest BCUT2D eigenvalue weighted by atomic mass is 16.1. The number of nitrogens with two attached hydrogens (primary N) is 1. The van der Waals surface area contributed by atoms with Crippen LogP contribution in [-0.4, -0.2) is 43.5 Å². The van der Waals surface area contributed by atoms with Crippen LogP contribution in [-0.2, 0) is 4.79 Å². The predicted octanol–water partition coefficient (Wildman–Crippen LogP) is 1.33. The third-order valence-electron chi connectivity index (χ3n) is 4.19. The fourth-order valence-corrected chi connectivity index (χ4v) is 2.82. The Kier molecular flexibility index (Phi) is 5.56. The standard InChI is InChI=1S/C16H25N3O/c1-19-10-6-5-9-14(19)12-18-16(20)15(11-17)13-7-3-2-4-8-13/h2-4,7-8,14-15H,5-6,9-12,17H2,1H3,(H,18,20). The Labute approximate surface area is 121 Å². The number of rotatable bonds is 5. The van der Waals surface area contributed by atoms with Gasteiger partial charge in [-0.3, -0.25) is 4.79 Å². The van der Waals surface area contributed by atoms with Crippen molar-refractivity contribution in [2.75, 3.05) is 26.7 Å². The average molecular weight is 275 g/mol. The molecular formula is C16H25N3O. The minimum Gasteiger partial charge on any atom is -0.354 e. The Morgan fingerprint density at radius 3 is 2.80 bits per heavy atom. The molecule has 1 aliphatic heterocycles. The maximum Gasteiger partial charge on any atom is 0.228 e. The highest BCUT2D eigenvalue weighted by molar-refractivity contribution is 5.83. The highest BCUT2D eigenvalue weighted by Crippen LogP contribution is 2.16. The van der Waals surface area contributed by atoms with Crippen molar-refractivity contribution < 1.29 is 4.79 Å². The number of hydrogen-bond acceptors (Lipinski definition) is 3. The third kappa shape index (κ3) is 3.81. The molecule has 0 radical (unpaired) electrons. The predicted molar refractivity (Wildman–Crippen MR) is 81.5 cm³/mol. The molecule has 4 nitrogen and oxygen atoms in total. The van der Waals surface area contributed by atoms with Gasteiger partial charge in [0, 0.05) is 19.1 Å². The first-order valence-electron chi connectivity index (χ1n) is 7.45. The summed E-state index contributed by atoms with van der Waals surface area (Å²) in [5, 5.41) is 3.07. The van der Waals surface area contributed by atoms with Crippen LogP contribution in [0.5, 0.6) is 0 Å². The molecule has 2 rings (SSSR count). The van der Waals surface area contributed by atoms with Crippen molar-refractivity contribution in [3.05, 3.63) is 35.9 Å². The summed E-state index contributed by atoms with van der Waals surface area (Å²) >= 11 is 0. The first-order valence-corrected chi connectivity index (χ1v) is 7.45. The van der Waals surface area contributed by atoms with Crippen LogP contribution in [0.3, 0.4) is 0 Å². The Bertz CT molecular complexity index is 421. The van der Waals surface area contributed by atoms with Crippen molar-refractivity contribution in [1.29, 1.82) is 0 Å². The second kappa shape index (κ2) is 7.41. The molecule has 1 aromatic rings. The van der Waals surface area contributed by atoms with E-state index in [2.05, 4.69) is 17.3 Å². The summed E-state index contributed by atoms with van der Waals surface area (Å²) < 4.78 is 0. The molecule has 0 saturated carbocycles. The van der Waals surface area contributed by atoms with Gasteiger partial charge in [0.25, 0.3) is 0 Å². The first-order chi connectivity index (χ1) is 9.72. The smallest absolute Gasteiger partial charge is 0.228 e. The van der Waals surface area contributed by atoms with E-state index in [1.807, 2.05) is 30.3 Å². The number of carbonyl (C=O) groups excluding carboxylic acids is 1. The van der Waals surface area contributed by atoms with E-state index in [1.54, 1.807) is 0 Å². The second-order valence-electron chi connectivity index (χ2n) is 5.57. The van der Waals surface area contributed by atoms with E-state index in [1.165, 1.54) is 12.8 Å². The van der Waals surface area contributed by atoms with Crippen LogP contribution in [0.25, 0.3) is 0 Å². The molecule has 1 amide bonds. The molecule has 1 aliphatic rings.